The lowest BCUT2D eigenvalue weighted by molar-refractivity contribution is -0.150. The Bertz CT molecular complexity index is 279. The molecule has 0 radical (unpaired) electrons. The number of piperidine rings is 1. The van der Waals surface area contributed by atoms with Gasteiger partial charge in [-0.15, -0.1) is 0 Å². The zero-order valence-corrected chi connectivity index (χ0v) is 12.5. The normalized spacial score (nSPS) is 26.1. The van der Waals surface area contributed by atoms with Crippen molar-refractivity contribution in [2.24, 2.45) is 11.3 Å². The van der Waals surface area contributed by atoms with Crippen molar-refractivity contribution >= 4 is 5.97 Å². The molecule has 0 aromatic carbocycles. The lowest BCUT2D eigenvalue weighted by Crippen LogP contribution is -2.51. The Labute approximate surface area is 111 Å². The zero-order valence-electron chi connectivity index (χ0n) is 12.5. The first-order valence-electron chi connectivity index (χ1n) is 6.95. The highest BCUT2D eigenvalue weighted by Gasteiger charge is 2.31. The van der Waals surface area contributed by atoms with E-state index in [1.807, 2.05) is 13.8 Å². The molecular weight excluding hydrogens is 228 g/mol. The monoisotopic (exact) mass is 256 g/mol. The topological polar surface area (TPSA) is 41.6 Å². The first-order chi connectivity index (χ1) is 8.40. The SMILES string of the molecule is CCN1CC[C@@H](NCC(C)(C)C(=O)OC)[C@H](C)C1. The molecule has 106 valence electrons. The second-order valence-corrected chi connectivity index (χ2v) is 6.02. The molecule has 0 aromatic rings. The van der Waals surface area contributed by atoms with Crippen molar-refractivity contribution in [3.63, 3.8) is 0 Å². The summed E-state index contributed by atoms with van der Waals surface area (Å²) < 4.78 is 4.83. The van der Waals surface area contributed by atoms with Gasteiger partial charge < -0.3 is 15.0 Å². The Morgan fingerprint density at radius 3 is 2.67 bits per heavy atom. The summed E-state index contributed by atoms with van der Waals surface area (Å²) in [4.78, 5) is 14.1. The van der Waals surface area contributed by atoms with Crippen LogP contribution in [0.1, 0.15) is 34.1 Å². The number of hydrogen-bond acceptors (Lipinski definition) is 4. The maximum absolute atomic E-state index is 11.6. The fourth-order valence-electron chi connectivity index (χ4n) is 2.56. The average molecular weight is 256 g/mol. The highest BCUT2D eigenvalue weighted by atomic mass is 16.5. The maximum Gasteiger partial charge on any atom is 0.312 e. The van der Waals surface area contributed by atoms with Crippen molar-refractivity contribution in [1.82, 2.24) is 10.2 Å². The molecule has 0 aromatic heterocycles. The van der Waals surface area contributed by atoms with Crippen LogP contribution in [0.2, 0.25) is 0 Å². The first kappa shape index (κ1) is 15.4. The van der Waals surface area contributed by atoms with Crippen LogP contribution in [0.4, 0.5) is 0 Å². The summed E-state index contributed by atoms with van der Waals surface area (Å²) in [6, 6.07) is 0.511. The van der Waals surface area contributed by atoms with Crippen LogP contribution < -0.4 is 5.32 Å². The summed E-state index contributed by atoms with van der Waals surface area (Å²) in [7, 11) is 1.45. The molecule has 1 aliphatic rings. The largest absolute Gasteiger partial charge is 0.469 e. The van der Waals surface area contributed by atoms with Gasteiger partial charge in [-0.25, -0.2) is 0 Å². The van der Waals surface area contributed by atoms with Gasteiger partial charge in [-0.3, -0.25) is 4.79 Å². The van der Waals surface area contributed by atoms with Crippen molar-refractivity contribution in [2.75, 3.05) is 33.3 Å². The van der Waals surface area contributed by atoms with Crippen molar-refractivity contribution in [2.45, 2.75) is 40.2 Å². The van der Waals surface area contributed by atoms with E-state index in [-0.39, 0.29) is 5.97 Å². The van der Waals surface area contributed by atoms with E-state index in [9.17, 15) is 4.79 Å². The number of hydrogen-bond donors (Lipinski definition) is 1. The molecule has 4 heteroatoms. The number of rotatable bonds is 5. The Hall–Kier alpha value is -0.610. The van der Waals surface area contributed by atoms with E-state index in [1.54, 1.807) is 0 Å². The van der Waals surface area contributed by atoms with Crippen molar-refractivity contribution in [1.29, 1.82) is 0 Å². The minimum absolute atomic E-state index is 0.145. The zero-order chi connectivity index (χ0) is 13.8. The highest BCUT2D eigenvalue weighted by Crippen LogP contribution is 2.20. The summed E-state index contributed by atoms with van der Waals surface area (Å²) in [6.07, 6.45) is 1.16. The van der Waals surface area contributed by atoms with Gasteiger partial charge in [-0.1, -0.05) is 13.8 Å². The molecule has 18 heavy (non-hydrogen) atoms. The molecule has 0 aliphatic carbocycles. The van der Waals surface area contributed by atoms with Crippen LogP contribution in [0.3, 0.4) is 0 Å². The molecule has 4 nitrogen and oxygen atoms in total. The highest BCUT2D eigenvalue weighted by molar-refractivity contribution is 5.76. The molecule has 1 N–H and O–H groups in total. The number of methoxy groups -OCH3 is 1. The minimum atomic E-state index is -0.448. The van der Waals surface area contributed by atoms with Crippen LogP contribution in [0.5, 0.6) is 0 Å². The molecule has 0 unspecified atom stereocenters. The third-order valence-electron chi connectivity index (χ3n) is 3.98. The van der Waals surface area contributed by atoms with Crippen molar-refractivity contribution in [3.05, 3.63) is 0 Å². The van der Waals surface area contributed by atoms with E-state index in [0.717, 1.165) is 26.1 Å². The fourth-order valence-corrected chi connectivity index (χ4v) is 2.56. The molecule has 0 saturated carbocycles. The molecule has 1 rings (SSSR count). The number of likely N-dealkylation sites (tertiary alicyclic amines) is 1. The number of ether oxygens (including phenoxy) is 1. The Morgan fingerprint density at radius 2 is 2.17 bits per heavy atom. The molecular formula is C14H28N2O2. The molecule has 1 fully saturated rings. The van der Waals surface area contributed by atoms with Gasteiger partial charge in [0.25, 0.3) is 0 Å². The van der Waals surface area contributed by atoms with E-state index < -0.39 is 5.41 Å². The van der Waals surface area contributed by atoms with Gasteiger partial charge in [0.05, 0.1) is 12.5 Å². The van der Waals surface area contributed by atoms with Gasteiger partial charge in [-0.05, 0) is 39.3 Å². The summed E-state index contributed by atoms with van der Waals surface area (Å²) >= 11 is 0. The predicted molar refractivity (Wildman–Crippen MR) is 73.5 cm³/mol. The molecule has 0 amide bonds. The number of nitrogens with zero attached hydrogens (tertiary/aromatic N) is 1. The van der Waals surface area contributed by atoms with Crippen molar-refractivity contribution < 1.29 is 9.53 Å². The van der Waals surface area contributed by atoms with Gasteiger partial charge in [0.2, 0.25) is 0 Å². The minimum Gasteiger partial charge on any atom is -0.469 e. The third-order valence-corrected chi connectivity index (χ3v) is 3.98. The van der Waals surface area contributed by atoms with Crippen LogP contribution in [-0.2, 0) is 9.53 Å². The van der Waals surface area contributed by atoms with E-state index >= 15 is 0 Å². The number of carbonyl (C=O) groups is 1. The fraction of sp³-hybridized carbons (Fsp3) is 0.929. The summed E-state index contributed by atoms with van der Waals surface area (Å²) in [5.41, 5.74) is -0.448. The Morgan fingerprint density at radius 1 is 1.50 bits per heavy atom. The van der Waals surface area contributed by atoms with E-state index in [0.29, 0.717) is 18.5 Å². The summed E-state index contributed by atoms with van der Waals surface area (Å²) in [5.74, 6) is 0.487. The van der Waals surface area contributed by atoms with Gasteiger partial charge >= 0.3 is 5.97 Å². The molecule has 1 heterocycles. The number of esters is 1. The van der Waals surface area contributed by atoms with Crippen LogP contribution >= 0.6 is 0 Å². The van der Waals surface area contributed by atoms with Gasteiger partial charge in [0, 0.05) is 19.1 Å². The lowest BCUT2D eigenvalue weighted by atomic mass is 9.90. The van der Waals surface area contributed by atoms with Gasteiger partial charge in [0.1, 0.15) is 0 Å². The lowest BCUT2D eigenvalue weighted by Gasteiger charge is -2.38. The molecule has 0 bridgehead atoms. The second kappa shape index (κ2) is 6.53. The quantitative estimate of drug-likeness (QED) is 0.757. The third kappa shape index (κ3) is 3.95. The van der Waals surface area contributed by atoms with Gasteiger partial charge in [0.15, 0.2) is 0 Å². The summed E-state index contributed by atoms with van der Waals surface area (Å²) in [6.45, 7) is 12.5. The standard InChI is InChI=1S/C14H28N2O2/c1-6-16-8-7-12(11(2)9-16)15-10-14(3,4)13(17)18-5/h11-12,15H,6-10H2,1-5H3/t11-,12-/m1/s1. The predicted octanol–water partition coefficient (Wildman–Crippen LogP) is 1.51. The van der Waals surface area contributed by atoms with Crippen LogP contribution in [-0.4, -0.2) is 50.2 Å². The molecule has 2 atom stereocenters. The molecule has 0 spiro atoms. The maximum atomic E-state index is 11.6. The smallest absolute Gasteiger partial charge is 0.312 e. The second-order valence-electron chi connectivity index (χ2n) is 6.02. The van der Waals surface area contributed by atoms with Crippen LogP contribution in [0, 0.1) is 11.3 Å². The van der Waals surface area contributed by atoms with Crippen LogP contribution in [0.15, 0.2) is 0 Å². The number of nitrogens with one attached hydrogen (secondary N) is 1. The molecule has 1 aliphatic heterocycles. The average Bonchev–Trinajstić information content (AvgIpc) is 2.36. The number of carbonyl (C=O) groups excluding carboxylic acids is 1. The van der Waals surface area contributed by atoms with E-state index in [2.05, 4.69) is 24.1 Å². The van der Waals surface area contributed by atoms with Crippen LogP contribution in [0.25, 0.3) is 0 Å². The Kier molecular flexibility index (Phi) is 5.60. The first-order valence-corrected chi connectivity index (χ1v) is 6.95. The van der Waals surface area contributed by atoms with Gasteiger partial charge in [-0.2, -0.15) is 0 Å². The van der Waals surface area contributed by atoms with E-state index in [4.69, 9.17) is 4.74 Å². The Balaban J connectivity index is 2.42. The van der Waals surface area contributed by atoms with E-state index in [1.165, 1.54) is 7.11 Å². The van der Waals surface area contributed by atoms with Crippen molar-refractivity contribution in [3.8, 4) is 0 Å². The molecule has 1 saturated heterocycles. The summed E-state index contributed by atoms with van der Waals surface area (Å²) in [5, 5.41) is 3.54.